The Balaban J connectivity index is 1.02. The quantitative estimate of drug-likeness (QED) is 0.177. The van der Waals surface area contributed by atoms with Crippen molar-refractivity contribution in [2.45, 2.75) is 0 Å². The van der Waals surface area contributed by atoms with E-state index in [2.05, 4.69) is 167 Å². The van der Waals surface area contributed by atoms with Crippen molar-refractivity contribution in [2.24, 2.45) is 0 Å². The first-order valence-corrected chi connectivity index (χ1v) is 19.2. The molecule has 0 aliphatic heterocycles. The third kappa shape index (κ3) is 4.96. The Hall–Kier alpha value is -7.76. The molecule has 0 aliphatic carbocycles. The maximum atomic E-state index is 6.27. The monoisotopic (exact) mass is 728 g/mol. The van der Waals surface area contributed by atoms with E-state index in [1.807, 2.05) is 36.4 Å². The summed E-state index contributed by atoms with van der Waals surface area (Å²) in [6.45, 7) is 0. The summed E-state index contributed by atoms with van der Waals surface area (Å²) in [6, 6.07) is 68.4. The zero-order valence-corrected chi connectivity index (χ0v) is 30.7. The zero-order chi connectivity index (χ0) is 37.5. The Morgan fingerprint density at radius 3 is 1.53 bits per heavy atom. The molecule has 5 heteroatoms. The molecule has 0 spiro atoms. The minimum atomic E-state index is 0.666. The fourth-order valence-corrected chi connectivity index (χ4v) is 8.69. The van der Waals surface area contributed by atoms with Crippen molar-refractivity contribution in [1.29, 1.82) is 0 Å². The number of para-hydroxylation sites is 4. The van der Waals surface area contributed by atoms with Crippen LogP contribution in [0.4, 0.5) is 0 Å². The zero-order valence-electron chi connectivity index (χ0n) is 30.7. The maximum Gasteiger partial charge on any atom is 0.160 e. The molecule has 5 nitrogen and oxygen atoms in total. The smallest absolute Gasteiger partial charge is 0.160 e. The third-order valence-electron chi connectivity index (χ3n) is 11.3. The van der Waals surface area contributed by atoms with E-state index < -0.39 is 0 Å². The van der Waals surface area contributed by atoms with E-state index in [0.717, 1.165) is 72.4 Å². The number of benzene rings is 8. The number of fused-ring (bicyclic) bond motifs is 9. The minimum absolute atomic E-state index is 0.666. The molecule has 12 rings (SSSR count). The van der Waals surface area contributed by atoms with Gasteiger partial charge in [-0.1, -0.05) is 109 Å². The lowest BCUT2D eigenvalue weighted by atomic mass is 10.0. The van der Waals surface area contributed by atoms with Gasteiger partial charge in [-0.05, 0) is 84.9 Å². The normalized spacial score (nSPS) is 11.9. The molecule has 0 radical (unpaired) electrons. The van der Waals surface area contributed by atoms with E-state index in [0.29, 0.717) is 5.82 Å². The molecular formula is C52H32N4O. The van der Waals surface area contributed by atoms with Crippen LogP contribution in [-0.2, 0) is 0 Å². The van der Waals surface area contributed by atoms with Crippen molar-refractivity contribution in [2.75, 3.05) is 0 Å². The lowest BCUT2D eigenvalue weighted by molar-refractivity contribution is 0.669. The molecule has 0 atom stereocenters. The summed E-state index contributed by atoms with van der Waals surface area (Å²) in [4.78, 5) is 10.3. The summed E-state index contributed by atoms with van der Waals surface area (Å²) in [5.41, 5.74) is 13.3. The van der Waals surface area contributed by atoms with Gasteiger partial charge in [-0.2, -0.15) is 0 Å². The highest BCUT2D eigenvalue weighted by atomic mass is 16.3. The molecule has 0 saturated carbocycles. The molecule has 8 aromatic carbocycles. The van der Waals surface area contributed by atoms with Crippen molar-refractivity contribution >= 4 is 65.6 Å². The molecule has 0 saturated heterocycles. The van der Waals surface area contributed by atoms with E-state index in [-0.39, 0.29) is 0 Å². The van der Waals surface area contributed by atoms with Crippen LogP contribution in [0.1, 0.15) is 0 Å². The second-order valence-corrected chi connectivity index (χ2v) is 14.6. The minimum Gasteiger partial charge on any atom is -0.456 e. The summed E-state index contributed by atoms with van der Waals surface area (Å²) in [5.74, 6) is 0.666. The van der Waals surface area contributed by atoms with Crippen molar-refractivity contribution in [1.82, 2.24) is 19.1 Å². The lowest BCUT2D eigenvalue weighted by Crippen LogP contribution is -1.98. The topological polar surface area (TPSA) is 48.8 Å². The predicted octanol–water partition coefficient (Wildman–Crippen LogP) is 13.6. The summed E-state index contributed by atoms with van der Waals surface area (Å²) in [7, 11) is 0. The van der Waals surface area contributed by atoms with Gasteiger partial charge in [0.1, 0.15) is 11.2 Å². The van der Waals surface area contributed by atoms with E-state index in [9.17, 15) is 0 Å². The Labute approximate surface area is 327 Å². The number of nitrogens with zero attached hydrogens (tertiary/aromatic N) is 4. The first-order valence-electron chi connectivity index (χ1n) is 19.2. The Morgan fingerprint density at radius 2 is 0.842 bits per heavy atom. The standard InChI is InChI=1S/C52H32N4O/c1-3-13-33(14-4-1)44-31-45(35-25-28-41-40-19-9-12-22-50(40)57-51(41)29-35)54-52(53-44)34-23-26-37(27-24-34)56-47-21-11-8-18-39(47)43-30-42-38-17-7-10-20-46(38)55(48(42)32-49(43)56)36-15-5-2-6-16-36/h1-32H. The molecule has 0 amide bonds. The summed E-state index contributed by atoms with van der Waals surface area (Å²) in [6.07, 6.45) is 0. The van der Waals surface area contributed by atoms with Gasteiger partial charge in [-0.25, -0.2) is 9.97 Å². The van der Waals surface area contributed by atoms with E-state index >= 15 is 0 Å². The SMILES string of the molecule is c1ccc(-c2cc(-c3ccc4c(c3)oc3ccccc34)nc(-c3ccc(-n4c5ccccc5c5cc6c7ccccc7n(-c7ccccc7)c6cc54)cc3)n2)cc1. The molecule has 57 heavy (non-hydrogen) atoms. The van der Waals surface area contributed by atoms with E-state index in [1.165, 1.54) is 32.6 Å². The molecule has 4 heterocycles. The first kappa shape index (κ1) is 31.6. The van der Waals surface area contributed by atoms with E-state index in [4.69, 9.17) is 14.4 Å². The van der Waals surface area contributed by atoms with Crippen molar-refractivity contribution in [3.8, 4) is 45.3 Å². The van der Waals surface area contributed by atoms with Crippen LogP contribution >= 0.6 is 0 Å². The predicted molar refractivity (Wildman–Crippen MR) is 234 cm³/mol. The van der Waals surface area contributed by atoms with Crippen molar-refractivity contribution < 1.29 is 4.42 Å². The van der Waals surface area contributed by atoms with Gasteiger partial charge in [-0.15, -0.1) is 0 Å². The second kappa shape index (κ2) is 12.4. The third-order valence-corrected chi connectivity index (χ3v) is 11.3. The van der Waals surface area contributed by atoms with Gasteiger partial charge in [0.05, 0.1) is 33.5 Å². The van der Waals surface area contributed by atoms with Crippen molar-refractivity contribution in [3.05, 3.63) is 194 Å². The molecule has 0 N–H and O–H groups in total. The molecular weight excluding hydrogens is 697 g/mol. The molecule has 266 valence electrons. The van der Waals surface area contributed by atoms with Gasteiger partial charge in [0.2, 0.25) is 0 Å². The molecule has 0 unspecified atom stereocenters. The number of aromatic nitrogens is 4. The van der Waals surface area contributed by atoms with Crippen LogP contribution in [-0.4, -0.2) is 19.1 Å². The van der Waals surface area contributed by atoms with Gasteiger partial charge in [0.25, 0.3) is 0 Å². The summed E-state index contributed by atoms with van der Waals surface area (Å²) < 4.78 is 11.0. The Morgan fingerprint density at radius 1 is 0.316 bits per heavy atom. The highest BCUT2D eigenvalue weighted by molar-refractivity contribution is 6.19. The largest absolute Gasteiger partial charge is 0.456 e. The van der Waals surface area contributed by atoms with Crippen LogP contribution in [0.2, 0.25) is 0 Å². The highest BCUT2D eigenvalue weighted by Crippen LogP contribution is 2.40. The molecule has 12 aromatic rings. The first-order chi connectivity index (χ1) is 28.2. The molecule has 4 aromatic heterocycles. The van der Waals surface area contributed by atoms with Crippen LogP contribution in [0.15, 0.2) is 199 Å². The average Bonchev–Trinajstić information content (AvgIpc) is 3.93. The highest BCUT2D eigenvalue weighted by Gasteiger charge is 2.19. The molecule has 0 fully saturated rings. The van der Waals surface area contributed by atoms with E-state index in [1.54, 1.807) is 0 Å². The molecule has 0 bridgehead atoms. The molecule has 0 aliphatic rings. The van der Waals surface area contributed by atoms with Crippen LogP contribution in [0.25, 0.3) is 111 Å². The number of hydrogen-bond donors (Lipinski definition) is 0. The number of furan rings is 1. The van der Waals surface area contributed by atoms with Crippen molar-refractivity contribution in [3.63, 3.8) is 0 Å². The average molecular weight is 729 g/mol. The fraction of sp³-hybridized carbons (Fsp3) is 0. The van der Waals surface area contributed by atoms with Gasteiger partial charge >= 0.3 is 0 Å². The summed E-state index contributed by atoms with van der Waals surface area (Å²) in [5, 5.41) is 7.14. The van der Waals surface area contributed by atoms with Gasteiger partial charge in [0, 0.05) is 60.4 Å². The maximum absolute atomic E-state index is 6.27. The van der Waals surface area contributed by atoms with Crippen LogP contribution in [0.5, 0.6) is 0 Å². The van der Waals surface area contributed by atoms with Crippen LogP contribution < -0.4 is 0 Å². The number of rotatable bonds is 5. The number of hydrogen-bond acceptors (Lipinski definition) is 3. The summed E-state index contributed by atoms with van der Waals surface area (Å²) >= 11 is 0. The van der Waals surface area contributed by atoms with Gasteiger partial charge < -0.3 is 13.6 Å². The Kier molecular flexibility index (Phi) is 6.86. The fourth-order valence-electron chi connectivity index (χ4n) is 8.69. The Bertz CT molecular complexity index is 3500. The lowest BCUT2D eigenvalue weighted by Gasteiger charge is -2.12. The van der Waals surface area contributed by atoms with Gasteiger partial charge in [-0.3, -0.25) is 0 Å². The van der Waals surface area contributed by atoms with Crippen LogP contribution in [0, 0.1) is 0 Å². The van der Waals surface area contributed by atoms with Crippen LogP contribution in [0.3, 0.4) is 0 Å². The second-order valence-electron chi connectivity index (χ2n) is 14.6. The van der Waals surface area contributed by atoms with Gasteiger partial charge in [0.15, 0.2) is 5.82 Å².